The average Bonchev–Trinajstić information content (AvgIpc) is 3.19. The summed E-state index contributed by atoms with van der Waals surface area (Å²) in [5.41, 5.74) is 0. The molecule has 0 bridgehead atoms. The van der Waals surface area contributed by atoms with Gasteiger partial charge in [-0.15, -0.1) is 0 Å². The summed E-state index contributed by atoms with van der Waals surface area (Å²) in [6.45, 7) is -2.24. The number of rotatable bonds is 20. The molecule has 0 radical (unpaired) electrons. The number of nitrogens with one attached hydrogen (secondary N) is 3. The van der Waals surface area contributed by atoms with E-state index in [1.165, 1.54) is 0 Å². The van der Waals surface area contributed by atoms with E-state index in [1.807, 2.05) is 0 Å². The molecule has 3 fully saturated rings. The zero-order valence-electron chi connectivity index (χ0n) is 32.6. The van der Waals surface area contributed by atoms with Crippen molar-refractivity contribution in [1.29, 1.82) is 0 Å². The SMILES string of the molecule is CC(=O)N[C@H]1[C@H](O[C@H]2[C@@H](O)[C@@H](CO)O[C@@H](O[C@@H]([C@@H](O)[C@H](O)CO[C@]3(C(=O)O)C[C@H](O)[C@@H](NC(C)=O)[C@H]([C@H](O)[C@H](O)CO)O3)[C@H](CO)NC(C)=O)[C@@H]2O)O[C@H](CO)[C@@H](O)[C@@H]1O. The molecule has 60 heavy (non-hydrogen) atoms. The molecule has 348 valence electrons. The first-order valence-corrected chi connectivity index (χ1v) is 18.6. The van der Waals surface area contributed by atoms with E-state index in [0.717, 1.165) is 20.8 Å². The Morgan fingerprint density at radius 2 is 1.30 bits per heavy atom. The first-order valence-electron chi connectivity index (χ1n) is 18.6. The van der Waals surface area contributed by atoms with Gasteiger partial charge in [-0.1, -0.05) is 0 Å². The number of carboxylic acid groups (broad SMARTS) is 1. The van der Waals surface area contributed by atoms with Crippen LogP contribution in [0.1, 0.15) is 27.2 Å². The number of aliphatic carboxylic acids is 1. The van der Waals surface area contributed by atoms with Crippen LogP contribution >= 0.6 is 0 Å². The van der Waals surface area contributed by atoms with Gasteiger partial charge in [0.15, 0.2) is 12.6 Å². The summed E-state index contributed by atoms with van der Waals surface area (Å²) in [5, 5.41) is 154. The molecule has 3 saturated heterocycles. The quantitative estimate of drug-likeness (QED) is 0.0540. The lowest BCUT2D eigenvalue weighted by molar-refractivity contribution is -0.358. The van der Waals surface area contributed by atoms with Gasteiger partial charge in [0.2, 0.25) is 17.7 Å². The fraction of sp³-hybridized carbons (Fsp3) is 0.879. The minimum Gasteiger partial charge on any atom is -0.477 e. The second-order valence-corrected chi connectivity index (χ2v) is 14.6. The number of carbonyl (C=O) groups is 4. The molecule has 0 spiro atoms. The van der Waals surface area contributed by atoms with E-state index in [0.29, 0.717) is 0 Å². The second-order valence-electron chi connectivity index (χ2n) is 14.6. The average molecular weight is 880 g/mol. The number of aliphatic hydroxyl groups is 13. The molecule has 3 heterocycles. The molecule has 0 saturated carbocycles. The lowest BCUT2D eigenvalue weighted by Crippen LogP contribution is -2.68. The van der Waals surface area contributed by atoms with Gasteiger partial charge in [0, 0.05) is 27.2 Å². The number of amides is 3. The van der Waals surface area contributed by atoms with Gasteiger partial charge in [-0.25, -0.2) is 4.79 Å². The Bertz CT molecular complexity index is 1420. The summed E-state index contributed by atoms with van der Waals surface area (Å²) in [7, 11) is 0. The topological polar surface area (TPSA) is 443 Å². The van der Waals surface area contributed by atoms with Crippen LogP contribution in [-0.4, -0.2) is 250 Å². The summed E-state index contributed by atoms with van der Waals surface area (Å²) in [4.78, 5) is 48.5. The van der Waals surface area contributed by atoms with Crippen molar-refractivity contribution < 1.29 is 119 Å². The van der Waals surface area contributed by atoms with E-state index in [4.69, 9.17) is 28.4 Å². The molecular weight excluding hydrogens is 822 g/mol. The maximum absolute atomic E-state index is 12.6. The van der Waals surface area contributed by atoms with Crippen LogP contribution in [0.2, 0.25) is 0 Å². The summed E-state index contributed by atoms with van der Waals surface area (Å²) in [6, 6.07) is -4.86. The zero-order chi connectivity index (χ0) is 45.4. The highest BCUT2D eigenvalue weighted by Crippen LogP contribution is 2.35. The van der Waals surface area contributed by atoms with Crippen molar-refractivity contribution in [2.24, 2.45) is 0 Å². The minimum absolute atomic E-state index is 0.756. The predicted octanol–water partition coefficient (Wildman–Crippen LogP) is -10.5. The number of carboxylic acids is 1. The molecule has 20 atom stereocenters. The number of carbonyl (C=O) groups excluding carboxylic acids is 3. The molecule has 3 aliphatic rings. The van der Waals surface area contributed by atoms with Crippen molar-refractivity contribution in [3.8, 4) is 0 Å². The van der Waals surface area contributed by atoms with Crippen LogP contribution in [-0.2, 0) is 47.6 Å². The molecule has 0 aromatic carbocycles. The third-order valence-electron chi connectivity index (χ3n) is 10.0. The number of hydrogen-bond donors (Lipinski definition) is 17. The normalized spacial score (nSPS) is 37.8. The van der Waals surface area contributed by atoms with Gasteiger partial charge in [0.05, 0.1) is 51.2 Å². The maximum Gasteiger partial charge on any atom is 0.364 e. The Kier molecular flexibility index (Phi) is 19.3. The van der Waals surface area contributed by atoms with E-state index in [1.54, 1.807) is 0 Å². The van der Waals surface area contributed by atoms with Gasteiger partial charge >= 0.3 is 5.97 Å². The van der Waals surface area contributed by atoms with Gasteiger partial charge in [0.1, 0.15) is 85.4 Å². The van der Waals surface area contributed by atoms with Crippen LogP contribution in [0.25, 0.3) is 0 Å². The zero-order valence-corrected chi connectivity index (χ0v) is 32.6. The van der Waals surface area contributed by atoms with Crippen LogP contribution < -0.4 is 16.0 Å². The van der Waals surface area contributed by atoms with Gasteiger partial charge in [-0.05, 0) is 0 Å². The summed E-state index contributed by atoms with van der Waals surface area (Å²) >= 11 is 0. The maximum atomic E-state index is 12.6. The first kappa shape index (κ1) is 51.5. The van der Waals surface area contributed by atoms with Crippen molar-refractivity contribution in [3.63, 3.8) is 0 Å². The van der Waals surface area contributed by atoms with E-state index in [2.05, 4.69) is 16.0 Å². The van der Waals surface area contributed by atoms with Crippen LogP contribution in [0.3, 0.4) is 0 Å². The third-order valence-corrected chi connectivity index (χ3v) is 10.0. The van der Waals surface area contributed by atoms with E-state index >= 15 is 0 Å². The third kappa shape index (κ3) is 12.2. The van der Waals surface area contributed by atoms with Gasteiger partial charge in [-0.2, -0.15) is 0 Å². The van der Waals surface area contributed by atoms with Crippen LogP contribution in [0.4, 0.5) is 0 Å². The predicted molar refractivity (Wildman–Crippen MR) is 188 cm³/mol. The fourth-order valence-electron chi connectivity index (χ4n) is 6.94. The minimum atomic E-state index is -2.99. The highest BCUT2D eigenvalue weighted by molar-refractivity contribution is 5.76. The fourth-order valence-corrected chi connectivity index (χ4v) is 6.94. The molecule has 3 aliphatic heterocycles. The van der Waals surface area contributed by atoms with E-state index < -0.39 is 185 Å². The Morgan fingerprint density at radius 3 is 1.82 bits per heavy atom. The summed E-state index contributed by atoms with van der Waals surface area (Å²) in [6.07, 6.45) is -32.7. The van der Waals surface area contributed by atoms with E-state index in [9.17, 15) is 90.7 Å². The molecular formula is C33H57N3O24. The molecule has 0 aromatic rings. The molecule has 17 N–H and O–H groups in total. The standard InChI is InChI=1S/C33H57N3O24/c1-10(41)34-13(5-37)27(22(48)16(46)9-55-33(32(53)54)4-14(44)19(35-11(2)42)28(60-33)21(47)15(45)6-38)58-31-26(52)29(24(50)18(8-40)57-31)59-30-20(36-12(3)43)25(51)23(49)17(7-39)56-30/h13-31,37-40,44-52H,4-9H2,1-3H3,(H,34,41)(H,35,42)(H,36,43)(H,53,54)/t13-,14-,15+,16+,17+,18+,19+,20+,21+,22-,23+,24-,25+,26+,27+,28+,29-,30-,31-,33+/m0/s1. The number of hydrogen-bond acceptors (Lipinski definition) is 23. The molecule has 27 nitrogen and oxygen atoms in total. The molecule has 0 aliphatic carbocycles. The van der Waals surface area contributed by atoms with Crippen molar-refractivity contribution in [2.45, 2.75) is 149 Å². The molecule has 0 unspecified atom stereocenters. The lowest BCUT2D eigenvalue weighted by Gasteiger charge is -2.48. The van der Waals surface area contributed by atoms with Gasteiger partial charge < -0.3 is 116 Å². The lowest BCUT2D eigenvalue weighted by atomic mass is 9.88. The van der Waals surface area contributed by atoms with Crippen LogP contribution in [0.5, 0.6) is 0 Å². The van der Waals surface area contributed by atoms with Crippen LogP contribution in [0, 0.1) is 0 Å². The molecule has 27 heteroatoms. The highest BCUT2D eigenvalue weighted by atomic mass is 16.7. The van der Waals surface area contributed by atoms with Gasteiger partial charge in [0.25, 0.3) is 5.79 Å². The summed E-state index contributed by atoms with van der Waals surface area (Å²) < 4.78 is 33.4. The number of aliphatic hydroxyl groups excluding tert-OH is 13. The Balaban J connectivity index is 1.94. The number of ether oxygens (including phenoxy) is 6. The van der Waals surface area contributed by atoms with Crippen molar-refractivity contribution in [3.05, 3.63) is 0 Å². The smallest absolute Gasteiger partial charge is 0.364 e. The second kappa shape index (κ2) is 22.5. The molecule has 3 amide bonds. The Hall–Kier alpha value is -2.88. The van der Waals surface area contributed by atoms with Crippen LogP contribution in [0.15, 0.2) is 0 Å². The largest absolute Gasteiger partial charge is 0.477 e. The molecule has 0 aromatic heterocycles. The Labute approximate surface area is 340 Å². The molecule has 3 rings (SSSR count). The monoisotopic (exact) mass is 879 g/mol. The Morgan fingerprint density at radius 1 is 0.733 bits per heavy atom. The van der Waals surface area contributed by atoms with Crippen molar-refractivity contribution >= 4 is 23.7 Å². The van der Waals surface area contributed by atoms with Crippen molar-refractivity contribution in [2.75, 3.05) is 33.0 Å². The van der Waals surface area contributed by atoms with Crippen molar-refractivity contribution in [1.82, 2.24) is 16.0 Å². The highest BCUT2D eigenvalue weighted by Gasteiger charge is 2.57. The van der Waals surface area contributed by atoms with Gasteiger partial charge in [-0.3, -0.25) is 14.4 Å². The first-order chi connectivity index (χ1) is 28.1. The summed E-state index contributed by atoms with van der Waals surface area (Å²) in [5.74, 6) is -7.35. The van der Waals surface area contributed by atoms with E-state index in [-0.39, 0.29) is 0 Å².